The van der Waals surface area contributed by atoms with E-state index in [1.54, 1.807) is 18.8 Å². The van der Waals surface area contributed by atoms with Crippen molar-refractivity contribution < 1.29 is 22.9 Å². The fourth-order valence-corrected chi connectivity index (χ4v) is 5.13. The molecule has 146 valence electrons. The summed E-state index contributed by atoms with van der Waals surface area (Å²) in [6, 6.07) is 0. The maximum atomic E-state index is 12.3. The van der Waals surface area contributed by atoms with Gasteiger partial charge in [0, 0.05) is 39.6 Å². The molecule has 0 aromatic heterocycles. The van der Waals surface area contributed by atoms with Crippen LogP contribution in [0.3, 0.4) is 0 Å². The lowest BCUT2D eigenvalue weighted by Gasteiger charge is -2.16. The summed E-state index contributed by atoms with van der Waals surface area (Å²) in [5, 5.41) is 10.0. The van der Waals surface area contributed by atoms with E-state index in [4.69, 9.17) is 13.6 Å². The number of hydrogen-bond acceptors (Lipinski definition) is 9. The van der Waals surface area contributed by atoms with Crippen LogP contribution < -0.4 is 0 Å². The third-order valence-corrected chi connectivity index (χ3v) is 7.13. The van der Waals surface area contributed by atoms with Crippen LogP contribution in [-0.2, 0) is 22.9 Å². The number of nitrogens with zero attached hydrogens (tertiary/aromatic N) is 4. The van der Waals surface area contributed by atoms with E-state index in [9.17, 15) is 9.36 Å². The first-order chi connectivity index (χ1) is 12.2. The fraction of sp³-hybridized carbons (Fsp3) is 0.643. The highest BCUT2D eigenvalue weighted by atomic mass is 32.2. The molecule has 2 aliphatic rings. The van der Waals surface area contributed by atoms with Crippen molar-refractivity contribution in [2.75, 3.05) is 34.4 Å². The van der Waals surface area contributed by atoms with Crippen molar-refractivity contribution in [3.8, 4) is 0 Å². The Morgan fingerprint density at radius 2 is 1.92 bits per heavy atom. The molecular weight excluding hydrogens is 399 g/mol. The first kappa shape index (κ1) is 21.5. The molecule has 0 aliphatic carbocycles. The largest absolute Gasteiger partial charge is 0.475 e. The third kappa shape index (κ3) is 5.11. The second-order valence-corrected chi connectivity index (χ2v) is 10.1. The highest BCUT2D eigenvalue weighted by Crippen LogP contribution is 2.51. The van der Waals surface area contributed by atoms with Gasteiger partial charge in [0.05, 0.1) is 0 Å². The minimum Gasteiger partial charge on any atom is -0.345 e. The summed E-state index contributed by atoms with van der Waals surface area (Å²) in [5.74, 6) is -0.408. The summed E-state index contributed by atoms with van der Waals surface area (Å²) < 4.78 is 26.7. The molecule has 0 saturated carbocycles. The van der Waals surface area contributed by atoms with E-state index in [2.05, 4.69) is 28.6 Å². The van der Waals surface area contributed by atoms with Gasteiger partial charge < -0.3 is 4.90 Å². The SMILES string of the molecule is C=C(C)CN1CC(C)S/C1=N\N=C1/SC(OP(=O)(OC)OC)C(=O)N1C. The van der Waals surface area contributed by atoms with Gasteiger partial charge in [0.15, 0.2) is 10.3 Å². The molecule has 0 spiro atoms. The minimum absolute atomic E-state index is 0.349. The van der Waals surface area contributed by atoms with Crippen molar-refractivity contribution in [1.29, 1.82) is 0 Å². The zero-order valence-corrected chi connectivity index (χ0v) is 17.9. The number of phosphoric ester groups is 1. The second kappa shape index (κ2) is 8.90. The number of thioether (sulfide) groups is 2. The molecule has 2 atom stereocenters. The van der Waals surface area contributed by atoms with E-state index >= 15 is 0 Å². The van der Waals surface area contributed by atoms with Crippen molar-refractivity contribution in [2.45, 2.75) is 24.5 Å². The van der Waals surface area contributed by atoms with Gasteiger partial charge in [-0.1, -0.05) is 30.8 Å². The molecule has 2 heterocycles. The van der Waals surface area contributed by atoms with E-state index in [1.807, 2.05) is 6.92 Å². The van der Waals surface area contributed by atoms with Crippen LogP contribution in [0.15, 0.2) is 22.4 Å². The maximum absolute atomic E-state index is 12.3. The summed E-state index contributed by atoms with van der Waals surface area (Å²) in [7, 11) is 0.155. The van der Waals surface area contributed by atoms with Gasteiger partial charge in [0.2, 0.25) is 5.44 Å². The van der Waals surface area contributed by atoms with Gasteiger partial charge >= 0.3 is 7.82 Å². The lowest BCUT2D eigenvalue weighted by molar-refractivity contribution is -0.129. The lowest BCUT2D eigenvalue weighted by atomic mass is 10.3. The minimum atomic E-state index is -3.78. The van der Waals surface area contributed by atoms with E-state index in [0.29, 0.717) is 17.0 Å². The van der Waals surface area contributed by atoms with Crippen LogP contribution >= 0.6 is 31.3 Å². The van der Waals surface area contributed by atoms with Crippen LogP contribution in [0.1, 0.15) is 13.8 Å². The zero-order valence-electron chi connectivity index (χ0n) is 15.4. The molecule has 0 bridgehead atoms. The Balaban J connectivity index is 2.14. The predicted octanol–water partition coefficient (Wildman–Crippen LogP) is 2.58. The van der Waals surface area contributed by atoms with Gasteiger partial charge in [-0.05, 0) is 18.7 Å². The van der Waals surface area contributed by atoms with Gasteiger partial charge in [-0.15, -0.1) is 10.2 Å². The van der Waals surface area contributed by atoms with Gasteiger partial charge in [-0.3, -0.25) is 23.3 Å². The molecule has 12 heteroatoms. The molecule has 0 aromatic carbocycles. The highest BCUT2D eigenvalue weighted by molar-refractivity contribution is 8.15. The summed E-state index contributed by atoms with van der Waals surface area (Å²) in [4.78, 5) is 15.7. The van der Waals surface area contributed by atoms with Gasteiger partial charge in [-0.25, -0.2) is 4.57 Å². The van der Waals surface area contributed by atoms with E-state index < -0.39 is 19.2 Å². The molecule has 2 saturated heterocycles. The lowest BCUT2D eigenvalue weighted by Crippen LogP contribution is -2.29. The number of carbonyl (C=O) groups is 1. The van der Waals surface area contributed by atoms with Gasteiger partial charge in [-0.2, -0.15) is 0 Å². The quantitative estimate of drug-likeness (QED) is 0.351. The van der Waals surface area contributed by atoms with Crippen molar-refractivity contribution in [2.24, 2.45) is 10.2 Å². The van der Waals surface area contributed by atoms with Crippen molar-refractivity contribution in [1.82, 2.24) is 9.80 Å². The fourth-order valence-electron chi connectivity index (χ4n) is 2.22. The Kier molecular flexibility index (Phi) is 7.35. The molecular formula is C14H23N4O5PS2. The molecule has 0 N–H and O–H groups in total. The van der Waals surface area contributed by atoms with Crippen LogP contribution in [0.2, 0.25) is 0 Å². The number of hydrogen-bond donors (Lipinski definition) is 0. The summed E-state index contributed by atoms with van der Waals surface area (Å²) >= 11 is 2.62. The summed E-state index contributed by atoms with van der Waals surface area (Å²) in [5.41, 5.74) is -0.0303. The predicted molar refractivity (Wildman–Crippen MR) is 105 cm³/mol. The van der Waals surface area contributed by atoms with Crippen LogP contribution in [0.25, 0.3) is 0 Å². The first-order valence-corrected chi connectivity index (χ1v) is 11.0. The monoisotopic (exact) mass is 422 g/mol. The molecule has 9 nitrogen and oxygen atoms in total. The number of carbonyl (C=O) groups excluding carboxylic acids is 1. The van der Waals surface area contributed by atoms with Crippen LogP contribution in [0, 0.1) is 0 Å². The number of phosphoric acid groups is 1. The zero-order chi connectivity index (χ0) is 19.5. The third-order valence-electron chi connectivity index (χ3n) is 3.44. The Morgan fingerprint density at radius 3 is 2.50 bits per heavy atom. The number of likely N-dealkylation sites (N-methyl/N-ethyl adjacent to an activating group) is 1. The highest BCUT2D eigenvalue weighted by Gasteiger charge is 2.42. The molecule has 0 radical (unpaired) electrons. The van der Waals surface area contributed by atoms with Gasteiger partial charge in [0.1, 0.15) is 0 Å². The molecule has 2 rings (SSSR count). The van der Waals surface area contributed by atoms with E-state index in [1.165, 1.54) is 19.1 Å². The maximum Gasteiger partial charge on any atom is 0.475 e. The number of amides is 1. The Bertz CT molecular complexity index is 678. The average Bonchev–Trinajstić information content (AvgIpc) is 3.06. The van der Waals surface area contributed by atoms with Crippen molar-refractivity contribution in [3.63, 3.8) is 0 Å². The Labute approximate surface area is 161 Å². The second-order valence-electron chi connectivity index (χ2n) is 5.80. The standard InChI is InChI=1S/C14H23N4O5PS2/c1-9(2)7-18-8-10(3)25-14(18)16-15-13-17(4)11(19)12(26-13)23-24(20,21-5)22-6/h10,12H,1,7-8H2,2-6H3/b15-13-,16-14-. The Morgan fingerprint density at radius 1 is 1.31 bits per heavy atom. The molecule has 2 fully saturated rings. The Hall–Kier alpha value is -0.840. The molecule has 2 aliphatic heterocycles. The van der Waals surface area contributed by atoms with Crippen LogP contribution in [-0.4, -0.2) is 71.1 Å². The molecule has 26 heavy (non-hydrogen) atoms. The van der Waals surface area contributed by atoms with Crippen molar-refractivity contribution in [3.05, 3.63) is 12.2 Å². The van der Waals surface area contributed by atoms with Crippen molar-refractivity contribution >= 4 is 47.6 Å². The summed E-state index contributed by atoms with van der Waals surface area (Å²) in [6.07, 6.45) is 0. The molecule has 1 amide bonds. The topological polar surface area (TPSA) is 93.0 Å². The molecule has 2 unspecified atom stereocenters. The smallest absolute Gasteiger partial charge is 0.345 e. The normalized spacial score (nSPS) is 27.2. The van der Waals surface area contributed by atoms with E-state index in [0.717, 1.165) is 29.0 Å². The number of rotatable bonds is 7. The molecule has 0 aromatic rings. The summed E-state index contributed by atoms with van der Waals surface area (Å²) in [6.45, 7) is 9.58. The van der Waals surface area contributed by atoms with E-state index in [-0.39, 0.29) is 0 Å². The first-order valence-electron chi connectivity index (χ1n) is 7.75. The van der Waals surface area contributed by atoms with Crippen LogP contribution in [0.5, 0.6) is 0 Å². The van der Waals surface area contributed by atoms with Gasteiger partial charge in [0.25, 0.3) is 5.91 Å². The average molecular weight is 422 g/mol. The van der Waals surface area contributed by atoms with Crippen LogP contribution in [0.4, 0.5) is 0 Å². The number of amidine groups is 2.